The van der Waals surface area contributed by atoms with Gasteiger partial charge in [0, 0.05) is 5.57 Å². The highest BCUT2D eigenvalue weighted by Gasteiger charge is 2.74. The lowest BCUT2D eigenvalue weighted by Gasteiger charge is -2.25. The third-order valence-electron chi connectivity index (χ3n) is 5.52. The Kier molecular flexibility index (Phi) is 1.74. The van der Waals surface area contributed by atoms with Crippen molar-refractivity contribution < 1.29 is 14.3 Å². The van der Waals surface area contributed by atoms with Crippen LogP contribution in [0.5, 0.6) is 0 Å². The van der Waals surface area contributed by atoms with Crippen LogP contribution in [0.2, 0.25) is 0 Å². The maximum absolute atomic E-state index is 11.8. The van der Waals surface area contributed by atoms with Crippen LogP contribution in [0.1, 0.15) is 40.0 Å². The van der Waals surface area contributed by atoms with Crippen molar-refractivity contribution in [2.75, 3.05) is 0 Å². The summed E-state index contributed by atoms with van der Waals surface area (Å²) in [5.74, 6) is 0.107. The summed E-state index contributed by atoms with van der Waals surface area (Å²) in [7, 11) is 0. The Morgan fingerprint density at radius 1 is 1.39 bits per heavy atom. The Bertz CT molecular complexity index is 530. The Labute approximate surface area is 107 Å². The molecule has 4 unspecified atom stereocenters. The third kappa shape index (κ3) is 0.993. The molecule has 2 fully saturated rings. The molecule has 0 aromatic rings. The number of hydrogen-bond donors (Lipinski definition) is 0. The number of epoxide rings is 1. The van der Waals surface area contributed by atoms with Crippen molar-refractivity contribution in [1.29, 1.82) is 0 Å². The molecule has 0 bridgehead atoms. The second-order valence-corrected chi connectivity index (χ2v) is 6.33. The van der Waals surface area contributed by atoms with Crippen LogP contribution >= 0.6 is 0 Å². The molecular weight excluding hydrogens is 228 g/mol. The summed E-state index contributed by atoms with van der Waals surface area (Å²) in [6.07, 6.45) is 5.11. The summed E-state index contributed by atoms with van der Waals surface area (Å²) >= 11 is 0. The molecule has 0 N–H and O–H groups in total. The SMILES string of the molecule is CC1=CCC23OC2(C)CCC2=C(C)C(=O)OC2C13. The van der Waals surface area contributed by atoms with Crippen LogP contribution in [0.25, 0.3) is 0 Å². The molecule has 2 aliphatic heterocycles. The first-order valence-electron chi connectivity index (χ1n) is 6.76. The predicted octanol–water partition coefficient (Wildman–Crippen LogP) is 2.52. The minimum absolute atomic E-state index is 0.0179. The van der Waals surface area contributed by atoms with Gasteiger partial charge < -0.3 is 9.47 Å². The number of hydrogen-bond acceptors (Lipinski definition) is 3. The molecule has 2 aliphatic carbocycles. The molecule has 96 valence electrons. The molecule has 4 atom stereocenters. The molecular formula is C15H18O3. The lowest BCUT2D eigenvalue weighted by Crippen LogP contribution is -2.36. The van der Waals surface area contributed by atoms with Gasteiger partial charge in [-0.25, -0.2) is 4.79 Å². The van der Waals surface area contributed by atoms with Crippen molar-refractivity contribution in [3.8, 4) is 0 Å². The first-order chi connectivity index (χ1) is 8.48. The van der Waals surface area contributed by atoms with E-state index in [9.17, 15) is 4.79 Å². The maximum Gasteiger partial charge on any atom is 0.334 e. The molecule has 1 saturated carbocycles. The smallest absolute Gasteiger partial charge is 0.334 e. The molecule has 3 heteroatoms. The van der Waals surface area contributed by atoms with Crippen molar-refractivity contribution in [3.63, 3.8) is 0 Å². The van der Waals surface area contributed by atoms with E-state index in [1.54, 1.807) is 0 Å². The van der Waals surface area contributed by atoms with Crippen LogP contribution in [-0.2, 0) is 14.3 Å². The highest BCUT2D eigenvalue weighted by molar-refractivity contribution is 5.92. The lowest BCUT2D eigenvalue weighted by molar-refractivity contribution is -0.141. The Hall–Kier alpha value is -1.09. The first kappa shape index (κ1) is 10.8. The third-order valence-corrected chi connectivity index (χ3v) is 5.52. The number of carbonyl (C=O) groups excluding carboxylic acids is 1. The van der Waals surface area contributed by atoms with E-state index in [2.05, 4.69) is 19.9 Å². The van der Waals surface area contributed by atoms with Gasteiger partial charge in [-0.2, -0.15) is 0 Å². The summed E-state index contributed by atoms with van der Waals surface area (Å²) in [6, 6.07) is 0. The van der Waals surface area contributed by atoms with Crippen LogP contribution in [-0.4, -0.2) is 23.3 Å². The minimum Gasteiger partial charge on any atom is -0.454 e. The summed E-state index contributed by atoms with van der Waals surface area (Å²) in [4.78, 5) is 11.8. The fourth-order valence-corrected chi connectivity index (χ4v) is 4.30. The molecule has 3 nitrogen and oxygen atoms in total. The van der Waals surface area contributed by atoms with Gasteiger partial charge in [-0.15, -0.1) is 0 Å². The van der Waals surface area contributed by atoms with E-state index in [0.717, 1.165) is 24.8 Å². The van der Waals surface area contributed by atoms with Gasteiger partial charge >= 0.3 is 5.97 Å². The zero-order chi connectivity index (χ0) is 12.7. The molecule has 4 rings (SSSR count). The number of fused-ring (bicyclic) bond motifs is 2. The molecule has 1 saturated heterocycles. The van der Waals surface area contributed by atoms with Crippen molar-refractivity contribution >= 4 is 5.97 Å². The van der Waals surface area contributed by atoms with E-state index in [4.69, 9.17) is 9.47 Å². The normalized spacial score (nSPS) is 49.1. The van der Waals surface area contributed by atoms with Crippen molar-refractivity contribution in [3.05, 3.63) is 22.8 Å². The molecule has 2 heterocycles. The van der Waals surface area contributed by atoms with E-state index in [-0.39, 0.29) is 29.2 Å². The van der Waals surface area contributed by atoms with Gasteiger partial charge in [0.05, 0.1) is 11.5 Å². The summed E-state index contributed by atoms with van der Waals surface area (Å²) in [6.45, 7) is 6.26. The average molecular weight is 246 g/mol. The Morgan fingerprint density at radius 3 is 2.94 bits per heavy atom. The van der Waals surface area contributed by atoms with Crippen molar-refractivity contribution in [2.45, 2.75) is 57.3 Å². The number of ether oxygens (including phenoxy) is 2. The number of rotatable bonds is 0. The Balaban J connectivity index is 1.85. The van der Waals surface area contributed by atoms with E-state index >= 15 is 0 Å². The van der Waals surface area contributed by atoms with Crippen molar-refractivity contribution in [2.24, 2.45) is 5.92 Å². The zero-order valence-electron chi connectivity index (χ0n) is 11.1. The highest BCUT2D eigenvalue weighted by atomic mass is 16.6. The minimum atomic E-state index is -0.130. The quantitative estimate of drug-likeness (QED) is 0.374. The van der Waals surface area contributed by atoms with Gasteiger partial charge in [-0.1, -0.05) is 11.6 Å². The van der Waals surface area contributed by atoms with Crippen LogP contribution in [0.4, 0.5) is 0 Å². The van der Waals surface area contributed by atoms with E-state index < -0.39 is 0 Å². The maximum atomic E-state index is 11.8. The number of esters is 1. The van der Waals surface area contributed by atoms with Gasteiger partial charge in [0.2, 0.25) is 0 Å². The molecule has 18 heavy (non-hydrogen) atoms. The summed E-state index contributed by atoms with van der Waals surface area (Å²) in [5.41, 5.74) is 3.27. The molecule has 0 amide bonds. The highest BCUT2D eigenvalue weighted by Crippen LogP contribution is 2.66. The summed E-state index contributed by atoms with van der Waals surface area (Å²) in [5, 5.41) is 0. The fourth-order valence-electron chi connectivity index (χ4n) is 4.30. The predicted molar refractivity (Wildman–Crippen MR) is 65.9 cm³/mol. The second-order valence-electron chi connectivity index (χ2n) is 6.33. The van der Waals surface area contributed by atoms with E-state index in [1.807, 2.05) is 6.92 Å². The van der Waals surface area contributed by atoms with Gasteiger partial charge in [0.15, 0.2) is 0 Å². The monoisotopic (exact) mass is 246 g/mol. The van der Waals surface area contributed by atoms with E-state index in [1.165, 1.54) is 11.1 Å². The first-order valence-corrected chi connectivity index (χ1v) is 6.76. The van der Waals surface area contributed by atoms with Gasteiger partial charge in [0.25, 0.3) is 0 Å². The Morgan fingerprint density at radius 2 is 2.17 bits per heavy atom. The molecule has 0 radical (unpaired) electrons. The van der Waals surface area contributed by atoms with Gasteiger partial charge in [-0.3, -0.25) is 0 Å². The zero-order valence-corrected chi connectivity index (χ0v) is 11.1. The topological polar surface area (TPSA) is 38.8 Å². The van der Waals surface area contributed by atoms with Crippen LogP contribution < -0.4 is 0 Å². The van der Waals surface area contributed by atoms with Gasteiger partial charge in [0.1, 0.15) is 11.7 Å². The average Bonchev–Trinajstić information content (AvgIpc) is 2.65. The van der Waals surface area contributed by atoms with Crippen LogP contribution in [0.15, 0.2) is 22.8 Å². The molecule has 4 aliphatic rings. The lowest BCUT2D eigenvalue weighted by atomic mass is 9.79. The molecule has 1 spiro atoms. The standard InChI is InChI=1S/C15H18O3/c1-8-4-7-15-11(8)12-10(9(2)13(16)17-12)5-6-14(15,3)18-15/h4,11-12H,5-7H2,1-3H3. The van der Waals surface area contributed by atoms with Crippen LogP contribution in [0.3, 0.4) is 0 Å². The molecule has 0 aromatic carbocycles. The molecule has 0 aromatic heterocycles. The summed E-state index contributed by atoms with van der Waals surface area (Å²) < 4.78 is 11.8. The largest absolute Gasteiger partial charge is 0.454 e. The fraction of sp³-hybridized carbons (Fsp3) is 0.667. The van der Waals surface area contributed by atoms with Crippen LogP contribution in [0, 0.1) is 5.92 Å². The van der Waals surface area contributed by atoms with E-state index in [0.29, 0.717) is 0 Å². The second kappa shape index (κ2) is 2.90. The number of carbonyl (C=O) groups is 1. The van der Waals surface area contributed by atoms with Crippen molar-refractivity contribution in [1.82, 2.24) is 0 Å². The van der Waals surface area contributed by atoms with Gasteiger partial charge in [-0.05, 0) is 45.6 Å².